The Labute approximate surface area is 159 Å². The number of benzene rings is 1. The third-order valence-electron chi connectivity index (χ3n) is 4.43. The van der Waals surface area contributed by atoms with Crippen molar-refractivity contribution in [2.45, 2.75) is 25.3 Å². The van der Waals surface area contributed by atoms with Crippen molar-refractivity contribution in [1.82, 2.24) is 15.1 Å². The zero-order chi connectivity index (χ0) is 20.3. The fraction of sp³-hybridized carbons (Fsp3) is 0.316. The molecule has 0 fully saturated rings. The number of nitrogens with one attached hydrogen (secondary N) is 1. The second-order valence-electron chi connectivity index (χ2n) is 6.30. The van der Waals surface area contributed by atoms with E-state index in [0.717, 1.165) is 12.5 Å². The largest absolute Gasteiger partial charge is 0.480 e. The normalized spacial score (nSPS) is 13.8. The molecule has 1 aliphatic carbocycles. The van der Waals surface area contributed by atoms with E-state index in [0.29, 0.717) is 24.1 Å². The predicted octanol–water partition coefficient (Wildman–Crippen LogP) is 2.02. The number of aliphatic carboxylic acids is 1. The summed E-state index contributed by atoms with van der Waals surface area (Å²) in [6.07, 6.45) is 3.29. The van der Waals surface area contributed by atoms with Crippen molar-refractivity contribution < 1.29 is 28.2 Å². The molecule has 2 aromatic rings. The van der Waals surface area contributed by atoms with Crippen LogP contribution in [0.25, 0.3) is 5.69 Å². The van der Waals surface area contributed by atoms with Gasteiger partial charge < -0.3 is 15.2 Å². The molecule has 0 radical (unpaired) electrons. The maximum atomic E-state index is 14.2. The molecule has 0 aliphatic heterocycles. The van der Waals surface area contributed by atoms with Crippen molar-refractivity contribution in [3.8, 4) is 5.69 Å². The minimum absolute atomic E-state index is 0.00568. The van der Waals surface area contributed by atoms with Crippen LogP contribution in [0.2, 0.25) is 0 Å². The van der Waals surface area contributed by atoms with Crippen LogP contribution in [0.1, 0.15) is 28.2 Å². The number of carbonyl (C=O) groups excluding carboxylic acids is 1. The summed E-state index contributed by atoms with van der Waals surface area (Å²) in [6.45, 7) is 3.37. The van der Waals surface area contributed by atoms with E-state index in [4.69, 9.17) is 4.74 Å². The Balaban J connectivity index is 1.90. The number of carboxylic acid groups (broad SMARTS) is 1. The number of amides is 1. The van der Waals surface area contributed by atoms with Crippen molar-refractivity contribution >= 4 is 11.9 Å². The van der Waals surface area contributed by atoms with Gasteiger partial charge in [0, 0.05) is 11.3 Å². The fourth-order valence-electron chi connectivity index (χ4n) is 3.15. The first-order valence-electron chi connectivity index (χ1n) is 8.71. The number of carbonyl (C=O) groups is 2. The molecule has 0 saturated carbocycles. The van der Waals surface area contributed by atoms with Gasteiger partial charge in [-0.15, -0.1) is 6.58 Å². The Morgan fingerprint density at radius 1 is 1.39 bits per heavy atom. The third kappa shape index (κ3) is 3.79. The van der Waals surface area contributed by atoms with E-state index in [9.17, 15) is 23.5 Å². The summed E-state index contributed by atoms with van der Waals surface area (Å²) in [4.78, 5) is 24.0. The molecule has 148 valence electrons. The van der Waals surface area contributed by atoms with Crippen LogP contribution in [0.5, 0.6) is 0 Å². The highest BCUT2D eigenvalue weighted by Gasteiger charge is 2.30. The van der Waals surface area contributed by atoms with Crippen molar-refractivity contribution in [2.24, 2.45) is 0 Å². The summed E-state index contributed by atoms with van der Waals surface area (Å²) in [6, 6.07) is 2.44. The van der Waals surface area contributed by atoms with Gasteiger partial charge in [0.1, 0.15) is 5.69 Å². The lowest BCUT2D eigenvalue weighted by atomic mass is 10.2. The van der Waals surface area contributed by atoms with E-state index in [1.54, 1.807) is 0 Å². The minimum atomic E-state index is -1.28. The Hall–Kier alpha value is -3.07. The Bertz CT molecular complexity index is 926. The molecule has 1 aromatic carbocycles. The molecule has 0 spiro atoms. The van der Waals surface area contributed by atoms with E-state index in [2.05, 4.69) is 17.0 Å². The molecule has 1 heterocycles. The van der Waals surface area contributed by atoms with Gasteiger partial charge in [0.15, 0.2) is 23.4 Å². The van der Waals surface area contributed by atoms with Gasteiger partial charge >= 0.3 is 5.97 Å². The van der Waals surface area contributed by atoms with Gasteiger partial charge in [-0.2, -0.15) is 5.10 Å². The zero-order valence-corrected chi connectivity index (χ0v) is 15.0. The van der Waals surface area contributed by atoms with Gasteiger partial charge in [0.05, 0.1) is 13.2 Å². The van der Waals surface area contributed by atoms with E-state index < -0.39 is 29.6 Å². The van der Waals surface area contributed by atoms with Crippen LogP contribution in [0.3, 0.4) is 0 Å². The lowest BCUT2D eigenvalue weighted by molar-refractivity contribution is -0.140. The molecule has 1 atom stereocenters. The van der Waals surface area contributed by atoms with Gasteiger partial charge in [0.2, 0.25) is 0 Å². The quantitative estimate of drug-likeness (QED) is 0.531. The molecule has 3 rings (SSSR count). The summed E-state index contributed by atoms with van der Waals surface area (Å²) in [5.74, 6) is -4.04. The van der Waals surface area contributed by atoms with Crippen molar-refractivity contribution in [1.29, 1.82) is 0 Å². The Morgan fingerprint density at radius 3 is 2.89 bits per heavy atom. The van der Waals surface area contributed by atoms with E-state index >= 15 is 0 Å². The molecule has 0 bridgehead atoms. The molecular weight excluding hydrogens is 372 g/mol. The van der Waals surface area contributed by atoms with Crippen LogP contribution in [0.4, 0.5) is 8.78 Å². The van der Waals surface area contributed by atoms with Crippen LogP contribution in [-0.2, 0) is 22.4 Å². The summed E-state index contributed by atoms with van der Waals surface area (Å²) < 4.78 is 34.2. The van der Waals surface area contributed by atoms with Crippen LogP contribution in [-0.4, -0.2) is 46.0 Å². The van der Waals surface area contributed by atoms with Crippen LogP contribution in [0, 0.1) is 11.6 Å². The monoisotopic (exact) mass is 391 g/mol. The Kier molecular flexibility index (Phi) is 5.84. The molecule has 1 aliphatic rings. The molecule has 0 saturated heterocycles. The first kappa shape index (κ1) is 19.7. The standard InChI is InChI=1S/C19H19F2N3O4/c1-2-9-28-10-13(19(26)27)22-18(25)17-11-5-3-7-14(11)24(23-17)15-8-4-6-12(20)16(15)21/h2,4,6,8,13H,1,3,5,7,9-10H2,(H,22,25)(H,26,27). The van der Waals surface area contributed by atoms with E-state index in [1.165, 1.54) is 22.9 Å². The highest BCUT2D eigenvalue weighted by atomic mass is 19.2. The number of hydrogen-bond donors (Lipinski definition) is 2. The number of nitrogens with zero attached hydrogens (tertiary/aromatic N) is 2. The topological polar surface area (TPSA) is 93.5 Å². The summed E-state index contributed by atoms with van der Waals surface area (Å²) in [7, 11) is 0. The highest BCUT2D eigenvalue weighted by molar-refractivity contribution is 5.96. The van der Waals surface area contributed by atoms with Crippen molar-refractivity contribution in [2.75, 3.05) is 13.2 Å². The third-order valence-corrected chi connectivity index (χ3v) is 4.43. The van der Waals surface area contributed by atoms with Gasteiger partial charge in [-0.05, 0) is 31.4 Å². The molecule has 9 heteroatoms. The van der Waals surface area contributed by atoms with Crippen LogP contribution < -0.4 is 5.32 Å². The molecule has 7 nitrogen and oxygen atoms in total. The van der Waals surface area contributed by atoms with Crippen molar-refractivity contribution in [3.63, 3.8) is 0 Å². The molecule has 2 N–H and O–H groups in total. The Morgan fingerprint density at radius 2 is 2.18 bits per heavy atom. The van der Waals surface area contributed by atoms with Crippen molar-refractivity contribution in [3.05, 3.63) is 59.4 Å². The second-order valence-corrected chi connectivity index (χ2v) is 6.30. The molecule has 1 amide bonds. The van der Waals surface area contributed by atoms with Gasteiger partial charge in [0.25, 0.3) is 5.91 Å². The molecule has 28 heavy (non-hydrogen) atoms. The number of fused-ring (bicyclic) bond motifs is 1. The first-order chi connectivity index (χ1) is 13.4. The van der Waals surface area contributed by atoms with Gasteiger partial charge in [-0.25, -0.2) is 18.3 Å². The number of aromatic nitrogens is 2. The number of rotatable bonds is 8. The molecule has 1 unspecified atom stereocenters. The second kappa shape index (κ2) is 8.30. The summed E-state index contributed by atoms with van der Waals surface area (Å²) >= 11 is 0. The summed E-state index contributed by atoms with van der Waals surface area (Å²) in [5.41, 5.74) is 1.13. The van der Waals surface area contributed by atoms with Crippen LogP contribution in [0.15, 0.2) is 30.9 Å². The maximum absolute atomic E-state index is 14.2. The molecular formula is C19H19F2N3O4. The highest BCUT2D eigenvalue weighted by Crippen LogP contribution is 2.29. The number of ether oxygens (including phenoxy) is 1. The zero-order valence-electron chi connectivity index (χ0n) is 15.0. The van der Waals surface area contributed by atoms with Gasteiger partial charge in [-0.1, -0.05) is 12.1 Å². The average Bonchev–Trinajstić information content (AvgIpc) is 3.26. The maximum Gasteiger partial charge on any atom is 0.328 e. The SMILES string of the molecule is C=CCOCC(NC(=O)c1nn(-c2cccc(F)c2F)c2c1CCC2)C(=O)O. The first-order valence-corrected chi connectivity index (χ1v) is 8.71. The van der Waals surface area contributed by atoms with E-state index in [-0.39, 0.29) is 24.6 Å². The minimum Gasteiger partial charge on any atom is -0.480 e. The van der Waals surface area contributed by atoms with Gasteiger partial charge in [-0.3, -0.25) is 4.79 Å². The fourth-order valence-corrected chi connectivity index (χ4v) is 3.15. The molecule has 1 aromatic heterocycles. The van der Waals surface area contributed by atoms with E-state index in [1.807, 2.05) is 0 Å². The van der Waals surface area contributed by atoms with Crippen LogP contribution >= 0.6 is 0 Å². The lowest BCUT2D eigenvalue weighted by Crippen LogP contribution is -2.44. The smallest absolute Gasteiger partial charge is 0.328 e. The number of hydrogen-bond acceptors (Lipinski definition) is 4. The average molecular weight is 391 g/mol. The predicted molar refractivity (Wildman–Crippen MR) is 95.4 cm³/mol. The number of carboxylic acids is 1. The number of halogens is 2. The lowest BCUT2D eigenvalue weighted by Gasteiger charge is -2.13. The summed E-state index contributed by atoms with van der Waals surface area (Å²) in [5, 5.41) is 15.8.